The second-order valence-electron chi connectivity index (χ2n) is 7.66. The van der Waals surface area contributed by atoms with E-state index < -0.39 is 11.7 Å². The Labute approximate surface area is 162 Å². The highest BCUT2D eigenvalue weighted by molar-refractivity contribution is 5.83. The summed E-state index contributed by atoms with van der Waals surface area (Å²) in [6.45, 7) is 1.29. The summed E-state index contributed by atoms with van der Waals surface area (Å²) in [5.74, 6) is 0.00911. The molecule has 0 saturated heterocycles. The van der Waals surface area contributed by atoms with E-state index in [0.29, 0.717) is 18.7 Å². The second-order valence-corrected chi connectivity index (χ2v) is 7.66. The summed E-state index contributed by atoms with van der Waals surface area (Å²) >= 11 is 0. The maximum atomic E-state index is 13.1. The Morgan fingerprint density at radius 1 is 1.29 bits per heavy atom. The first-order chi connectivity index (χ1) is 13.1. The van der Waals surface area contributed by atoms with Crippen LogP contribution in [0.25, 0.3) is 0 Å². The molecule has 3 rings (SSSR count). The average Bonchev–Trinajstić information content (AvgIpc) is 3.31. The molecule has 1 aliphatic rings. The van der Waals surface area contributed by atoms with E-state index in [1.807, 2.05) is 32.2 Å². The average molecular weight is 394 g/mol. The summed E-state index contributed by atoms with van der Waals surface area (Å²) in [4.78, 5) is 16.7. The van der Waals surface area contributed by atoms with E-state index in [1.54, 1.807) is 21.8 Å². The van der Waals surface area contributed by atoms with Crippen molar-refractivity contribution in [2.24, 2.45) is 13.0 Å². The molecule has 0 unspecified atom stereocenters. The maximum absolute atomic E-state index is 13.1. The van der Waals surface area contributed by atoms with Crippen molar-refractivity contribution >= 4 is 5.91 Å². The van der Waals surface area contributed by atoms with Crippen LogP contribution < -0.4 is 0 Å². The number of rotatable bonds is 7. The van der Waals surface area contributed by atoms with Crippen molar-refractivity contribution in [1.29, 1.82) is 0 Å². The van der Waals surface area contributed by atoms with Gasteiger partial charge in [-0.1, -0.05) is 12.1 Å². The van der Waals surface area contributed by atoms with Gasteiger partial charge in [-0.2, -0.15) is 18.3 Å². The van der Waals surface area contributed by atoms with Gasteiger partial charge in [0.25, 0.3) is 0 Å². The third kappa shape index (κ3) is 4.92. The Morgan fingerprint density at radius 3 is 2.64 bits per heavy atom. The number of aromatic nitrogens is 2. The molecule has 1 aromatic carbocycles. The van der Waals surface area contributed by atoms with Crippen molar-refractivity contribution in [3.63, 3.8) is 0 Å². The Kier molecular flexibility index (Phi) is 5.79. The van der Waals surface area contributed by atoms with Crippen molar-refractivity contribution in [2.75, 3.05) is 27.2 Å². The summed E-state index contributed by atoms with van der Waals surface area (Å²) in [7, 11) is 5.64. The van der Waals surface area contributed by atoms with Crippen molar-refractivity contribution < 1.29 is 18.0 Å². The number of aryl methyl sites for hydroxylation is 1. The van der Waals surface area contributed by atoms with Crippen LogP contribution >= 0.6 is 0 Å². The Hall–Kier alpha value is -2.35. The van der Waals surface area contributed by atoms with Gasteiger partial charge < -0.3 is 9.80 Å². The Balaban J connectivity index is 1.73. The Bertz CT molecular complexity index is 831. The molecule has 0 N–H and O–H groups in total. The van der Waals surface area contributed by atoms with Crippen LogP contribution in [-0.2, 0) is 24.6 Å². The molecule has 2 atom stereocenters. The molecule has 28 heavy (non-hydrogen) atoms. The van der Waals surface area contributed by atoms with E-state index in [1.165, 1.54) is 6.07 Å². The van der Waals surface area contributed by atoms with Crippen molar-refractivity contribution in [2.45, 2.75) is 25.1 Å². The highest BCUT2D eigenvalue weighted by atomic mass is 19.4. The normalized spacial score (nSPS) is 19.1. The van der Waals surface area contributed by atoms with Gasteiger partial charge >= 0.3 is 6.18 Å². The van der Waals surface area contributed by atoms with Crippen LogP contribution in [0.1, 0.15) is 29.0 Å². The van der Waals surface area contributed by atoms with Gasteiger partial charge in [-0.3, -0.25) is 9.48 Å². The molecule has 0 radical (unpaired) electrons. The smallest absolute Gasteiger partial charge is 0.337 e. The zero-order valence-corrected chi connectivity index (χ0v) is 16.3. The third-order valence-electron chi connectivity index (χ3n) is 5.02. The van der Waals surface area contributed by atoms with E-state index in [4.69, 9.17) is 0 Å². The van der Waals surface area contributed by atoms with E-state index >= 15 is 0 Å². The number of nitrogens with zero attached hydrogens (tertiary/aromatic N) is 4. The van der Waals surface area contributed by atoms with Crippen LogP contribution in [0.3, 0.4) is 0 Å². The molecule has 0 spiro atoms. The number of halogens is 3. The predicted molar refractivity (Wildman–Crippen MR) is 99.5 cm³/mol. The van der Waals surface area contributed by atoms with Gasteiger partial charge in [0.2, 0.25) is 5.91 Å². The summed E-state index contributed by atoms with van der Waals surface area (Å²) < 4.78 is 40.7. The first-order valence-corrected chi connectivity index (χ1v) is 9.23. The van der Waals surface area contributed by atoms with Crippen molar-refractivity contribution in [3.05, 3.63) is 53.3 Å². The summed E-state index contributed by atoms with van der Waals surface area (Å²) in [5.41, 5.74) is 0.831. The highest BCUT2D eigenvalue weighted by Gasteiger charge is 2.46. The number of benzene rings is 1. The van der Waals surface area contributed by atoms with Crippen LogP contribution in [0.15, 0.2) is 36.7 Å². The lowest BCUT2D eigenvalue weighted by molar-refractivity contribution is -0.137. The number of likely N-dealkylation sites (N-methyl/N-ethyl adjacent to an activating group) is 1. The fourth-order valence-electron chi connectivity index (χ4n) is 3.36. The molecule has 152 valence electrons. The van der Waals surface area contributed by atoms with E-state index in [2.05, 4.69) is 5.10 Å². The maximum Gasteiger partial charge on any atom is 0.416 e. The molecule has 2 aromatic rings. The number of carbonyl (C=O) groups excluding carboxylic acids is 1. The molecule has 1 aliphatic carbocycles. The summed E-state index contributed by atoms with van der Waals surface area (Å²) in [6, 6.07) is 5.20. The molecule has 5 nitrogen and oxygen atoms in total. The van der Waals surface area contributed by atoms with Crippen LogP contribution in [0.2, 0.25) is 0 Å². The lowest BCUT2D eigenvalue weighted by Crippen LogP contribution is -2.37. The van der Waals surface area contributed by atoms with Gasteiger partial charge in [0, 0.05) is 38.8 Å². The highest BCUT2D eigenvalue weighted by Crippen LogP contribution is 2.48. The predicted octanol–water partition coefficient (Wildman–Crippen LogP) is 3.13. The summed E-state index contributed by atoms with van der Waals surface area (Å²) in [5, 5.41) is 4.16. The van der Waals surface area contributed by atoms with Crippen LogP contribution in [0, 0.1) is 5.92 Å². The number of hydrogen-bond acceptors (Lipinski definition) is 3. The minimum absolute atomic E-state index is 0.00638. The van der Waals surface area contributed by atoms with Gasteiger partial charge in [-0.25, -0.2) is 0 Å². The van der Waals surface area contributed by atoms with Gasteiger partial charge in [-0.05, 0) is 49.7 Å². The fourth-order valence-corrected chi connectivity index (χ4v) is 3.36. The van der Waals surface area contributed by atoms with Crippen LogP contribution in [0.5, 0.6) is 0 Å². The van der Waals surface area contributed by atoms with Crippen molar-refractivity contribution in [1.82, 2.24) is 19.6 Å². The van der Waals surface area contributed by atoms with Gasteiger partial charge in [0.05, 0.1) is 11.8 Å². The topological polar surface area (TPSA) is 41.4 Å². The molecular formula is C20H25F3N4O. The second kappa shape index (κ2) is 7.95. The standard InChI is InChI=1S/C20H25F3N4O/c1-25(2)7-8-27(12-14-5-4-6-16(9-14)20(21,22)23)19(28)18-10-17(18)15-11-24-26(3)13-15/h4-6,9,11,13,17-18H,7-8,10,12H2,1-3H3/t17-,18-/m1/s1. The molecular weight excluding hydrogens is 369 g/mol. The number of alkyl halides is 3. The lowest BCUT2D eigenvalue weighted by atomic mass is 10.1. The minimum Gasteiger partial charge on any atom is -0.337 e. The minimum atomic E-state index is -4.39. The first kappa shape index (κ1) is 20.4. The fraction of sp³-hybridized carbons (Fsp3) is 0.500. The van der Waals surface area contributed by atoms with Crippen LogP contribution in [0.4, 0.5) is 13.2 Å². The lowest BCUT2D eigenvalue weighted by Gasteiger charge is -2.25. The number of amides is 1. The largest absolute Gasteiger partial charge is 0.416 e. The molecule has 0 bridgehead atoms. The number of carbonyl (C=O) groups is 1. The van der Waals surface area contributed by atoms with E-state index in [9.17, 15) is 18.0 Å². The third-order valence-corrected chi connectivity index (χ3v) is 5.02. The van der Waals surface area contributed by atoms with Crippen LogP contribution in [-0.4, -0.2) is 52.7 Å². The van der Waals surface area contributed by atoms with E-state index in [-0.39, 0.29) is 24.3 Å². The molecule has 1 fully saturated rings. The molecule has 1 saturated carbocycles. The first-order valence-electron chi connectivity index (χ1n) is 9.23. The molecule has 0 aliphatic heterocycles. The Morgan fingerprint density at radius 2 is 2.04 bits per heavy atom. The molecule has 8 heteroatoms. The zero-order chi connectivity index (χ0) is 20.5. The molecule has 1 aromatic heterocycles. The molecule has 1 amide bonds. The van der Waals surface area contributed by atoms with Crippen molar-refractivity contribution in [3.8, 4) is 0 Å². The van der Waals surface area contributed by atoms with Gasteiger partial charge in [0.15, 0.2) is 0 Å². The van der Waals surface area contributed by atoms with Gasteiger partial charge in [0.1, 0.15) is 0 Å². The monoisotopic (exact) mass is 394 g/mol. The zero-order valence-electron chi connectivity index (χ0n) is 16.3. The van der Waals surface area contributed by atoms with E-state index in [0.717, 1.165) is 24.1 Å². The quantitative estimate of drug-likeness (QED) is 0.725. The number of hydrogen-bond donors (Lipinski definition) is 0. The molecule has 1 heterocycles. The SMILES string of the molecule is CN(C)CCN(Cc1cccc(C(F)(F)F)c1)C(=O)[C@@H]1C[C@@H]1c1cnn(C)c1. The van der Waals surface area contributed by atoms with Gasteiger partial charge in [-0.15, -0.1) is 0 Å². The summed E-state index contributed by atoms with van der Waals surface area (Å²) in [6.07, 6.45) is 0.0474.